The van der Waals surface area contributed by atoms with Gasteiger partial charge in [-0.25, -0.2) is 9.78 Å². The van der Waals surface area contributed by atoms with E-state index in [4.69, 9.17) is 0 Å². The van der Waals surface area contributed by atoms with Gasteiger partial charge in [-0.3, -0.25) is 9.51 Å². The predicted octanol–water partition coefficient (Wildman–Crippen LogP) is -0.237. The third kappa shape index (κ3) is 0.931. The lowest BCUT2D eigenvalue weighted by Gasteiger charge is -1.92. The second-order valence-corrected chi connectivity index (χ2v) is 2.31. The first-order chi connectivity index (χ1) is 5.77. The van der Waals surface area contributed by atoms with Crippen LogP contribution >= 0.6 is 0 Å². The van der Waals surface area contributed by atoms with Gasteiger partial charge >= 0.3 is 5.76 Å². The topological polar surface area (TPSA) is 76.7 Å². The molecule has 0 atom stereocenters. The largest absolute Gasteiger partial charge is 0.439 e. The van der Waals surface area contributed by atoms with E-state index < -0.39 is 5.76 Å². The molecule has 6 nitrogen and oxygen atoms in total. The number of aromatic nitrogens is 4. The number of nitrogens with zero attached hydrogens (tertiary/aromatic N) is 3. The number of rotatable bonds is 1. The molecule has 0 radical (unpaired) electrons. The summed E-state index contributed by atoms with van der Waals surface area (Å²) >= 11 is 0. The van der Waals surface area contributed by atoms with E-state index in [0.29, 0.717) is 11.6 Å². The van der Waals surface area contributed by atoms with Crippen LogP contribution in [-0.4, -0.2) is 19.7 Å². The highest BCUT2D eigenvalue weighted by molar-refractivity contribution is 5.41. The molecular formula is C6H6N4O2. The van der Waals surface area contributed by atoms with Crippen molar-refractivity contribution in [3.63, 3.8) is 0 Å². The molecule has 0 bridgehead atoms. The Kier molecular flexibility index (Phi) is 1.33. The Morgan fingerprint density at radius 1 is 1.67 bits per heavy atom. The second-order valence-electron chi connectivity index (χ2n) is 2.31. The van der Waals surface area contributed by atoms with Crippen molar-refractivity contribution in [3.05, 3.63) is 22.9 Å². The summed E-state index contributed by atoms with van der Waals surface area (Å²) in [5, 5.41) is 3.49. The van der Waals surface area contributed by atoms with Crippen LogP contribution in [0, 0.1) is 0 Å². The second kappa shape index (κ2) is 2.33. The number of hydrogen-bond donors (Lipinski definition) is 1. The van der Waals surface area contributed by atoms with Crippen molar-refractivity contribution in [1.29, 1.82) is 0 Å². The monoisotopic (exact) mass is 166 g/mol. The fraction of sp³-hybridized carbons (Fsp3) is 0.167. The van der Waals surface area contributed by atoms with Gasteiger partial charge in [0.25, 0.3) is 0 Å². The van der Waals surface area contributed by atoms with Crippen molar-refractivity contribution in [1.82, 2.24) is 19.7 Å². The first kappa shape index (κ1) is 6.84. The van der Waals surface area contributed by atoms with Crippen LogP contribution in [0.25, 0.3) is 11.6 Å². The van der Waals surface area contributed by atoms with Gasteiger partial charge in [0, 0.05) is 19.4 Å². The molecule has 2 aromatic rings. The lowest BCUT2D eigenvalue weighted by atomic mass is 10.6. The molecule has 62 valence electrons. The Balaban J connectivity index is 2.57. The van der Waals surface area contributed by atoms with Gasteiger partial charge in [-0.15, -0.1) is 0 Å². The summed E-state index contributed by atoms with van der Waals surface area (Å²) in [7, 11) is 1.80. The van der Waals surface area contributed by atoms with Gasteiger partial charge in [0.15, 0.2) is 5.82 Å². The molecule has 2 aromatic heterocycles. The van der Waals surface area contributed by atoms with E-state index in [-0.39, 0.29) is 0 Å². The Morgan fingerprint density at radius 2 is 2.50 bits per heavy atom. The van der Waals surface area contributed by atoms with Crippen molar-refractivity contribution in [2.45, 2.75) is 0 Å². The van der Waals surface area contributed by atoms with Crippen LogP contribution in [0.5, 0.6) is 0 Å². The van der Waals surface area contributed by atoms with Crippen LogP contribution in [0.1, 0.15) is 0 Å². The van der Waals surface area contributed by atoms with Crippen LogP contribution in [-0.2, 0) is 7.05 Å². The summed E-state index contributed by atoms with van der Waals surface area (Å²) in [6.07, 6.45) is 3.37. The van der Waals surface area contributed by atoms with Gasteiger partial charge in [-0.1, -0.05) is 5.16 Å². The van der Waals surface area contributed by atoms with Gasteiger partial charge in [0.05, 0.1) is 0 Å². The number of imidazole rings is 1. The fourth-order valence-electron chi connectivity index (χ4n) is 0.920. The van der Waals surface area contributed by atoms with E-state index in [1.54, 1.807) is 24.0 Å². The lowest BCUT2D eigenvalue weighted by Crippen LogP contribution is -1.97. The molecule has 1 N–H and O–H groups in total. The van der Waals surface area contributed by atoms with Gasteiger partial charge in [-0.05, 0) is 0 Å². The normalized spacial score (nSPS) is 10.4. The van der Waals surface area contributed by atoms with E-state index in [9.17, 15) is 4.79 Å². The van der Waals surface area contributed by atoms with Gasteiger partial charge < -0.3 is 4.57 Å². The van der Waals surface area contributed by atoms with Gasteiger partial charge in [0.1, 0.15) is 0 Å². The van der Waals surface area contributed by atoms with Gasteiger partial charge in [-0.2, -0.15) is 0 Å². The molecule has 12 heavy (non-hydrogen) atoms. The number of nitrogens with one attached hydrogen (secondary N) is 1. The third-order valence-corrected chi connectivity index (χ3v) is 1.47. The summed E-state index contributed by atoms with van der Waals surface area (Å²) < 4.78 is 6.06. The Bertz CT molecular complexity index is 438. The fourth-order valence-corrected chi connectivity index (χ4v) is 0.920. The van der Waals surface area contributed by atoms with Gasteiger partial charge in [0.2, 0.25) is 5.82 Å². The average molecular weight is 166 g/mol. The minimum absolute atomic E-state index is 0.340. The van der Waals surface area contributed by atoms with E-state index in [1.165, 1.54) is 0 Å². The first-order valence-corrected chi connectivity index (χ1v) is 3.31. The summed E-state index contributed by atoms with van der Waals surface area (Å²) in [4.78, 5) is 16.9. The van der Waals surface area contributed by atoms with Crippen molar-refractivity contribution in [2.75, 3.05) is 0 Å². The molecule has 2 rings (SSSR count). The molecule has 0 aliphatic carbocycles. The summed E-state index contributed by atoms with van der Waals surface area (Å²) in [6.45, 7) is 0. The highest BCUT2D eigenvalue weighted by Crippen LogP contribution is 2.07. The Hall–Kier alpha value is -1.85. The molecule has 0 saturated heterocycles. The van der Waals surface area contributed by atoms with Crippen LogP contribution in [0.15, 0.2) is 21.7 Å². The lowest BCUT2D eigenvalue weighted by molar-refractivity contribution is 0.387. The molecule has 0 aliphatic heterocycles. The number of aryl methyl sites for hydroxylation is 1. The van der Waals surface area contributed by atoms with Crippen LogP contribution in [0.3, 0.4) is 0 Å². The molecular weight excluding hydrogens is 160 g/mol. The first-order valence-electron chi connectivity index (χ1n) is 3.31. The Morgan fingerprint density at radius 3 is 3.00 bits per heavy atom. The standard InChI is InChI=1S/C6H6N4O2/c1-10-3-2-7-5(10)4-8-6(11)12-9-4/h2-3H,1H3,(H,8,9,11). The zero-order chi connectivity index (χ0) is 8.55. The van der Waals surface area contributed by atoms with E-state index in [0.717, 1.165) is 0 Å². The zero-order valence-corrected chi connectivity index (χ0v) is 6.31. The molecule has 0 fully saturated rings. The number of aromatic amines is 1. The average Bonchev–Trinajstić information content (AvgIpc) is 2.58. The Labute approximate surface area is 66.8 Å². The number of H-pyrrole nitrogens is 1. The zero-order valence-electron chi connectivity index (χ0n) is 6.31. The van der Waals surface area contributed by atoms with Crippen molar-refractivity contribution in [3.8, 4) is 11.6 Å². The maximum absolute atomic E-state index is 10.6. The van der Waals surface area contributed by atoms with Crippen molar-refractivity contribution >= 4 is 0 Å². The van der Waals surface area contributed by atoms with Crippen LogP contribution < -0.4 is 5.76 Å². The highest BCUT2D eigenvalue weighted by atomic mass is 16.5. The van der Waals surface area contributed by atoms with Crippen LogP contribution in [0.2, 0.25) is 0 Å². The van der Waals surface area contributed by atoms with Crippen LogP contribution in [0.4, 0.5) is 0 Å². The van der Waals surface area contributed by atoms with Crippen molar-refractivity contribution < 1.29 is 4.52 Å². The number of hydrogen-bond acceptors (Lipinski definition) is 4. The van der Waals surface area contributed by atoms with E-state index in [2.05, 4.69) is 19.6 Å². The molecule has 6 heteroatoms. The molecule has 0 spiro atoms. The maximum Gasteiger partial charge on any atom is 0.439 e. The quantitative estimate of drug-likeness (QED) is 0.634. The maximum atomic E-state index is 10.6. The summed E-state index contributed by atoms with van der Waals surface area (Å²) in [6, 6.07) is 0. The smallest absolute Gasteiger partial charge is 0.331 e. The minimum atomic E-state index is -0.576. The predicted molar refractivity (Wildman–Crippen MR) is 39.3 cm³/mol. The third-order valence-electron chi connectivity index (χ3n) is 1.47. The highest BCUT2D eigenvalue weighted by Gasteiger charge is 2.07. The van der Waals surface area contributed by atoms with E-state index in [1.807, 2.05) is 0 Å². The van der Waals surface area contributed by atoms with E-state index >= 15 is 0 Å². The molecule has 0 saturated carbocycles. The molecule has 0 aliphatic rings. The minimum Gasteiger partial charge on any atom is -0.331 e. The molecule has 0 aromatic carbocycles. The summed E-state index contributed by atoms with van der Waals surface area (Å²) in [5.41, 5.74) is 0. The SMILES string of the molecule is Cn1ccnc1-c1noc(=O)[nH]1. The summed E-state index contributed by atoms with van der Waals surface area (Å²) in [5.74, 6) is 0.335. The molecule has 2 heterocycles. The molecule has 0 amide bonds. The van der Waals surface area contributed by atoms with Crippen molar-refractivity contribution in [2.24, 2.45) is 7.05 Å². The molecule has 0 unspecified atom stereocenters.